The van der Waals surface area contributed by atoms with Crippen molar-refractivity contribution in [2.75, 3.05) is 13.1 Å². The molecule has 1 rings (SSSR count). The van der Waals surface area contributed by atoms with Gasteiger partial charge in [-0.2, -0.15) is 0 Å². The molecule has 0 aromatic rings. The number of hydrogen-bond donors (Lipinski definition) is 2. The molecule has 1 aliphatic heterocycles. The molecule has 80 valence electrons. The van der Waals surface area contributed by atoms with E-state index in [1.165, 1.54) is 4.90 Å². The molecule has 0 saturated carbocycles. The summed E-state index contributed by atoms with van der Waals surface area (Å²) in [6.07, 6.45) is 1.45. The summed E-state index contributed by atoms with van der Waals surface area (Å²) < 4.78 is 0. The Morgan fingerprint density at radius 2 is 1.93 bits per heavy atom. The van der Waals surface area contributed by atoms with Gasteiger partial charge in [-0.15, -0.1) is 0 Å². The predicted octanol–water partition coefficient (Wildman–Crippen LogP) is -0.265. The van der Waals surface area contributed by atoms with Gasteiger partial charge >= 0.3 is 12.0 Å². The van der Waals surface area contributed by atoms with E-state index in [1.54, 1.807) is 0 Å². The Kier molecular flexibility index (Phi) is 3.22. The van der Waals surface area contributed by atoms with Crippen LogP contribution in [0, 0.1) is 0 Å². The highest BCUT2D eigenvalue weighted by molar-refractivity contribution is 6.02. The lowest BCUT2D eigenvalue weighted by Gasteiger charge is -2.32. The first-order chi connectivity index (χ1) is 6.99. The number of carboxylic acid groups (broad SMARTS) is 1. The van der Waals surface area contributed by atoms with Gasteiger partial charge in [0.2, 0.25) is 0 Å². The summed E-state index contributed by atoms with van der Waals surface area (Å²) in [5.74, 6) is -1.99. The number of nitrogens with one attached hydrogen (secondary N) is 1. The molecule has 2 N–H and O–H groups in total. The van der Waals surface area contributed by atoms with Gasteiger partial charge in [0, 0.05) is 25.2 Å². The Bertz CT molecular complexity index is 351. The number of likely N-dealkylation sites (tertiary alicyclic amines) is 1. The lowest BCUT2D eigenvalue weighted by atomic mass is 10.1. The number of carbonyl (C=O) groups is 3. The molecule has 0 aliphatic carbocycles. The summed E-state index contributed by atoms with van der Waals surface area (Å²) >= 11 is 0. The molecule has 0 unspecified atom stereocenters. The average molecular weight is 210 g/mol. The minimum Gasteiger partial charge on any atom is -0.478 e. The molecule has 15 heavy (non-hydrogen) atoms. The molecule has 0 aromatic heterocycles. The van der Waals surface area contributed by atoms with Gasteiger partial charge in [0.05, 0.1) is 0 Å². The van der Waals surface area contributed by atoms with Crippen LogP contribution in [0.5, 0.6) is 0 Å². The number of imide groups is 1. The van der Waals surface area contributed by atoms with Crippen molar-refractivity contribution in [1.82, 2.24) is 10.2 Å². The lowest BCUT2D eigenvalue weighted by molar-refractivity contribution is -0.131. The minimum atomic E-state index is -1.24. The zero-order valence-electron chi connectivity index (χ0n) is 7.90. The number of hydrogen-bond acceptors (Lipinski definition) is 3. The van der Waals surface area contributed by atoms with Crippen molar-refractivity contribution < 1.29 is 19.5 Å². The van der Waals surface area contributed by atoms with Gasteiger partial charge in [0.15, 0.2) is 0 Å². The van der Waals surface area contributed by atoms with E-state index in [2.05, 4.69) is 6.58 Å². The number of nitrogens with zero attached hydrogens (tertiary/aromatic N) is 1. The van der Waals surface area contributed by atoms with E-state index in [1.807, 2.05) is 5.32 Å². The maximum atomic E-state index is 11.2. The third kappa shape index (κ3) is 3.26. The molecular formula is C9H10N2O4. The Morgan fingerprint density at radius 1 is 1.33 bits per heavy atom. The van der Waals surface area contributed by atoms with Crippen molar-refractivity contribution in [3.05, 3.63) is 24.3 Å². The van der Waals surface area contributed by atoms with Crippen molar-refractivity contribution in [3.63, 3.8) is 0 Å². The smallest absolute Gasteiger partial charge is 0.328 e. The second-order valence-electron chi connectivity index (χ2n) is 3.07. The van der Waals surface area contributed by atoms with Crippen LogP contribution in [0.15, 0.2) is 24.3 Å². The number of aliphatic carboxylic acids is 1. The van der Waals surface area contributed by atoms with Crippen LogP contribution in [0.4, 0.5) is 4.79 Å². The largest absolute Gasteiger partial charge is 0.478 e. The number of urea groups is 1. The monoisotopic (exact) mass is 210 g/mol. The van der Waals surface area contributed by atoms with Crippen LogP contribution in [-0.2, 0) is 9.59 Å². The van der Waals surface area contributed by atoms with Crippen LogP contribution in [0.25, 0.3) is 0 Å². The van der Waals surface area contributed by atoms with Gasteiger partial charge in [0.25, 0.3) is 5.91 Å². The van der Waals surface area contributed by atoms with Gasteiger partial charge in [-0.05, 0) is 5.57 Å². The van der Waals surface area contributed by atoms with Crippen LogP contribution in [0.2, 0.25) is 0 Å². The zero-order valence-corrected chi connectivity index (χ0v) is 7.90. The molecule has 1 saturated heterocycles. The molecule has 0 aromatic carbocycles. The van der Waals surface area contributed by atoms with Crippen LogP contribution in [0.1, 0.15) is 0 Å². The molecule has 6 nitrogen and oxygen atoms in total. The first-order valence-corrected chi connectivity index (χ1v) is 4.16. The van der Waals surface area contributed by atoms with E-state index in [0.29, 0.717) is 19.2 Å². The molecule has 0 atom stereocenters. The number of carboxylic acids is 1. The fraction of sp³-hybridized carbons (Fsp3) is 0.222. The summed E-state index contributed by atoms with van der Waals surface area (Å²) in [7, 11) is 0. The zero-order chi connectivity index (χ0) is 11.4. The summed E-state index contributed by atoms with van der Waals surface area (Å²) in [5.41, 5.74) is 0.915. The topological polar surface area (TPSA) is 86.7 Å². The number of rotatable bonds is 2. The maximum absolute atomic E-state index is 11.2. The van der Waals surface area contributed by atoms with Crippen molar-refractivity contribution >= 4 is 17.9 Å². The van der Waals surface area contributed by atoms with E-state index < -0.39 is 17.9 Å². The van der Waals surface area contributed by atoms with Crippen molar-refractivity contribution in [2.45, 2.75) is 0 Å². The molecule has 0 bridgehead atoms. The first kappa shape index (κ1) is 11.0. The number of amides is 3. The summed E-state index contributed by atoms with van der Waals surface area (Å²) in [5, 5.41) is 10.2. The van der Waals surface area contributed by atoms with Gasteiger partial charge in [0.1, 0.15) is 0 Å². The molecule has 0 radical (unpaired) electrons. The van der Waals surface area contributed by atoms with Crippen molar-refractivity contribution in [3.8, 4) is 0 Å². The second-order valence-corrected chi connectivity index (χ2v) is 3.07. The summed E-state index contributed by atoms with van der Waals surface area (Å²) in [6.45, 7) is 4.50. The fourth-order valence-electron chi connectivity index (χ4n) is 1.01. The molecule has 1 fully saturated rings. The van der Waals surface area contributed by atoms with Gasteiger partial charge in [-0.25, -0.2) is 9.59 Å². The molecular weight excluding hydrogens is 200 g/mol. The normalized spacial score (nSPS) is 14.9. The van der Waals surface area contributed by atoms with E-state index >= 15 is 0 Å². The van der Waals surface area contributed by atoms with Gasteiger partial charge in [-0.3, -0.25) is 10.1 Å². The Labute approximate surface area is 85.9 Å². The highest BCUT2D eigenvalue weighted by Crippen LogP contribution is 2.10. The Hall–Kier alpha value is -2.11. The van der Waals surface area contributed by atoms with Crippen LogP contribution in [-0.4, -0.2) is 41.0 Å². The van der Waals surface area contributed by atoms with Crippen LogP contribution < -0.4 is 5.32 Å². The quantitative estimate of drug-likeness (QED) is 0.485. The molecule has 1 aliphatic rings. The summed E-state index contributed by atoms with van der Waals surface area (Å²) in [4.78, 5) is 33.6. The maximum Gasteiger partial charge on any atom is 0.328 e. The van der Waals surface area contributed by atoms with Gasteiger partial charge in [-0.1, -0.05) is 6.58 Å². The van der Waals surface area contributed by atoms with Gasteiger partial charge < -0.3 is 10.0 Å². The third-order valence-corrected chi connectivity index (χ3v) is 1.72. The summed E-state index contributed by atoms with van der Waals surface area (Å²) in [6, 6.07) is -0.539. The van der Waals surface area contributed by atoms with Crippen LogP contribution >= 0.6 is 0 Å². The highest BCUT2D eigenvalue weighted by Gasteiger charge is 2.24. The molecule has 0 spiro atoms. The molecule has 3 amide bonds. The fourth-order valence-corrected chi connectivity index (χ4v) is 1.01. The second kappa shape index (κ2) is 4.41. The first-order valence-electron chi connectivity index (χ1n) is 4.16. The van der Waals surface area contributed by atoms with E-state index in [9.17, 15) is 14.4 Å². The average Bonchev–Trinajstić information content (AvgIpc) is 2.09. The standard InChI is InChI=1S/C9H10N2O4/c1-6-4-11(5-6)9(15)10-7(12)2-3-8(13)14/h2-3H,1,4-5H2,(H,13,14)(H,10,12,15)/b3-2+. The number of carbonyl (C=O) groups excluding carboxylic acids is 2. The van der Waals surface area contributed by atoms with E-state index in [-0.39, 0.29) is 0 Å². The van der Waals surface area contributed by atoms with Crippen molar-refractivity contribution in [2.24, 2.45) is 0 Å². The molecule has 6 heteroatoms. The SMILES string of the molecule is C=C1CN(C(=O)NC(=O)/C=C/C(=O)O)C1. The van der Waals surface area contributed by atoms with Crippen molar-refractivity contribution in [1.29, 1.82) is 0 Å². The minimum absolute atomic E-state index is 0.432. The van der Waals surface area contributed by atoms with E-state index in [4.69, 9.17) is 5.11 Å². The highest BCUT2D eigenvalue weighted by atomic mass is 16.4. The Balaban J connectivity index is 2.35. The lowest BCUT2D eigenvalue weighted by Crippen LogP contribution is -2.50. The Morgan fingerprint density at radius 3 is 2.40 bits per heavy atom. The molecule has 1 heterocycles. The van der Waals surface area contributed by atoms with Crippen LogP contribution in [0.3, 0.4) is 0 Å². The third-order valence-electron chi connectivity index (χ3n) is 1.72. The predicted molar refractivity (Wildman–Crippen MR) is 51.0 cm³/mol. The van der Waals surface area contributed by atoms with E-state index in [0.717, 1.165) is 11.6 Å².